The number of halogens is 1. The molecule has 1 aromatic rings. The molecule has 0 aliphatic heterocycles. The third kappa shape index (κ3) is 2.18. The fraction of sp³-hybridized carbons (Fsp3) is 0.625. The van der Waals surface area contributed by atoms with Crippen LogP contribution in [0.1, 0.15) is 43.4 Å². The molecule has 0 spiro atoms. The Hall–Kier alpha value is -0.890. The van der Waals surface area contributed by atoms with Crippen LogP contribution in [0.2, 0.25) is 0 Å². The molecule has 98 valence electrons. The molecule has 2 aliphatic carbocycles. The molecule has 0 heterocycles. The summed E-state index contributed by atoms with van der Waals surface area (Å²) in [6.45, 7) is 4.99. The lowest BCUT2D eigenvalue weighted by Crippen LogP contribution is -2.27. The Kier molecular flexibility index (Phi) is 3.14. The lowest BCUT2D eigenvalue weighted by molar-refractivity contribution is 0.346. The summed E-state index contributed by atoms with van der Waals surface area (Å²) in [5, 5.41) is 3.61. The second-order valence-corrected chi connectivity index (χ2v) is 6.03. The number of benzene rings is 1. The molecule has 2 heteroatoms. The van der Waals surface area contributed by atoms with E-state index in [4.69, 9.17) is 0 Å². The Balaban J connectivity index is 1.81. The molecular weight excluding hydrogens is 225 g/mol. The largest absolute Gasteiger partial charge is 0.310 e. The summed E-state index contributed by atoms with van der Waals surface area (Å²) in [5.41, 5.74) is 2.03. The van der Waals surface area contributed by atoms with Crippen LogP contribution >= 0.6 is 0 Å². The van der Waals surface area contributed by atoms with Gasteiger partial charge < -0.3 is 5.32 Å². The number of aryl methyl sites for hydroxylation is 1. The zero-order chi connectivity index (χ0) is 12.7. The molecule has 0 bridgehead atoms. The minimum Gasteiger partial charge on any atom is -0.310 e. The van der Waals surface area contributed by atoms with Gasteiger partial charge in [-0.2, -0.15) is 0 Å². The van der Waals surface area contributed by atoms with Gasteiger partial charge in [-0.1, -0.05) is 19.1 Å². The first-order valence-electron chi connectivity index (χ1n) is 7.18. The third-order valence-corrected chi connectivity index (χ3v) is 4.72. The molecule has 2 saturated carbocycles. The number of rotatable bonds is 4. The van der Waals surface area contributed by atoms with Gasteiger partial charge in [0.05, 0.1) is 0 Å². The van der Waals surface area contributed by atoms with Crippen LogP contribution < -0.4 is 5.32 Å². The van der Waals surface area contributed by atoms with Crippen LogP contribution in [-0.4, -0.2) is 6.54 Å². The first-order chi connectivity index (χ1) is 8.69. The van der Waals surface area contributed by atoms with Gasteiger partial charge in [0.1, 0.15) is 5.82 Å². The highest BCUT2D eigenvalue weighted by Gasteiger charge is 2.47. The fourth-order valence-corrected chi connectivity index (χ4v) is 3.67. The Morgan fingerprint density at radius 2 is 2.00 bits per heavy atom. The van der Waals surface area contributed by atoms with Crippen LogP contribution in [0.4, 0.5) is 4.39 Å². The smallest absolute Gasteiger partial charge is 0.126 e. The molecular formula is C16H22FN. The van der Waals surface area contributed by atoms with Gasteiger partial charge in [0.2, 0.25) is 0 Å². The van der Waals surface area contributed by atoms with Crippen LogP contribution in [0.15, 0.2) is 18.2 Å². The normalized spacial score (nSPS) is 31.2. The van der Waals surface area contributed by atoms with Crippen molar-refractivity contribution in [2.24, 2.45) is 17.8 Å². The molecule has 2 fully saturated rings. The summed E-state index contributed by atoms with van der Waals surface area (Å²) in [5.74, 6) is 2.65. The molecule has 3 rings (SSSR count). The highest BCUT2D eigenvalue weighted by molar-refractivity contribution is 5.27. The van der Waals surface area contributed by atoms with Crippen molar-refractivity contribution in [1.82, 2.24) is 5.32 Å². The van der Waals surface area contributed by atoms with Gasteiger partial charge in [0.15, 0.2) is 0 Å². The Labute approximate surface area is 109 Å². The van der Waals surface area contributed by atoms with Crippen LogP contribution in [0.3, 0.4) is 0 Å². The van der Waals surface area contributed by atoms with Crippen LogP contribution in [-0.2, 0) is 0 Å². The Morgan fingerprint density at radius 1 is 1.28 bits per heavy atom. The van der Waals surface area contributed by atoms with Gasteiger partial charge in [-0.05, 0) is 67.7 Å². The van der Waals surface area contributed by atoms with Gasteiger partial charge in [-0.15, -0.1) is 0 Å². The number of hydrogen-bond donors (Lipinski definition) is 1. The molecule has 0 radical (unpaired) electrons. The summed E-state index contributed by atoms with van der Waals surface area (Å²) in [7, 11) is 0. The summed E-state index contributed by atoms with van der Waals surface area (Å²) in [6, 6.07) is 6.01. The van der Waals surface area contributed by atoms with Gasteiger partial charge in [0.25, 0.3) is 0 Å². The summed E-state index contributed by atoms with van der Waals surface area (Å²) >= 11 is 0. The molecule has 0 amide bonds. The predicted molar refractivity (Wildman–Crippen MR) is 71.9 cm³/mol. The molecule has 18 heavy (non-hydrogen) atoms. The van der Waals surface area contributed by atoms with E-state index in [-0.39, 0.29) is 5.82 Å². The topological polar surface area (TPSA) is 12.0 Å². The van der Waals surface area contributed by atoms with Crippen molar-refractivity contribution in [3.8, 4) is 0 Å². The second-order valence-electron chi connectivity index (χ2n) is 6.03. The first-order valence-corrected chi connectivity index (χ1v) is 7.18. The lowest BCUT2D eigenvalue weighted by Gasteiger charge is -2.26. The fourth-order valence-electron chi connectivity index (χ4n) is 3.67. The Bertz CT molecular complexity index is 433. The zero-order valence-corrected chi connectivity index (χ0v) is 11.2. The number of hydrogen-bond acceptors (Lipinski definition) is 1. The van der Waals surface area contributed by atoms with Crippen LogP contribution in [0.25, 0.3) is 0 Å². The molecule has 0 aromatic heterocycles. The molecule has 1 aromatic carbocycles. The van der Waals surface area contributed by atoms with E-state index in [0.29, 0.717) is 6.04 Å². The molecule has 3 atom stereocenters. The van der Waals surface area contributed by atoms with Crippen molar-refractivity contribution in [2.45, 2.75) is 39.2 Å². The van der Waals surface area contributed by atoms with Crippen molar-refractivity contribution in [1.29, 1.82) is 0 Å². The number of fused-ring (bicyclic) bond motifs is 1. The van der Waals surface area contributed by atoms with Crippen molar-refractivity contribution in [3.05, 3.63) is 35.1 Å². The monoisotopic (exact) mass is 247 g/mol. The van der Waals surface area contributed by atoms with E-state index in [0.717, 1.165) is 29.9 Å². The summed E-state index contributed by atoms with van der Waals surface area (Å²) in [6.07, 6.45) is 4.18. The maximum Gasteiger partial charge on any atom is 0.126 e. The SMILES string of the molecule is CCNC(c1ccc(F)c(C)c1)C1CC2CC2C1. The van der Waals surface area contributed by atoms with E-state index in [2.05, 4.69) is 12.2 Å². The number of nitrogens with one attached hydrogen (secondary N) is 1. The standard InChI is InChI=1S/C16H22FN/c1-3-18-16(14-8-12-7-13(12)9-14)11-4-5-15(17)10(2)6-11/h4-6,12-14,16,18H,3,7-9H2,1-2H3. The quantitative estimate of drug-likeness (QED) is 0.852. The van der Waals surface area contributed by atoms with Gasteiger partial charge in [-0.3, -0.25) is 0 Å². The van der Waals surface area contributed by atoms with Crippen LogP contribution in [0.5, 0.6) is 0 Å². The minimum absolute atomic E-state index is 0.0942. The minimum atomic E-state index is -0.0942. The average molecular weight is 247 g/mol. The van der Waals surface area contributed by atoms with Crippen molar-refractivity contribution >= 4 is 0 Å². The van der Waals surface area contributed by atoms with Crippen molar-refractivity contribution in [3.63, 3.8) is 0 Å². The lowest BCUT2D eigenvalue weighted by atomic mass is 9.88. The van der Waals surface area contributed by atoms with Gasteiger partial charge >= 0.3 is 0 Å². The summed E-state index contributed by atoms with van der Waals surface area (Å²) in [4.78, 5) is 0. The van der Waals surface area contributed by atoms with E-state index < -0.39 is 0 Å². The molecule has 0 saturated heterocycles. The van der Waals surface area contributed by atoms with E-state index in [1.165, 1.54) is 24.8 Å². The van der Waals surface area contributed by atoms with Gasteiger partial charge in [-0.25, -0.2) is 4.39 Å². The predicted octanol–water partition coefficient (Wildman–Crippen LogP) is 3.83. The summed E-state index contributed by atoms with van der Waals surface area (Å²) < 4.78 is 13.4. The highest BCUT2D eigenvalue weighted by atomic mass is 19.1. The van der Waals surface area contributed by atoms with Crippen molar-refractivity contribution in [2.75, 3.05) is 6.54 Å². The zero-order valence-electron chi connectivity index (χ0n) is 11.2. The van der Waals surface area contributed by atoms with Crippen molar-refractivity contribution < 1.29 is 4.39 Å². The molecule has 3 unspecified atom stereocenters. The third-order valence-electron chi connectivity index (χ3n) is 4.72. The molecule has 1 N–H and O–H groups in total. The van der Waals surface area contributed by atoms with Gasteiger partial charge in [0, 0.05) is 6.04 Å². The van der Waals surface area contributed by atoms with E-state index in [1.807, 2.05) is 19.1 Å². The van der Waals surface area contributed by atoms with E-state index >= 15 is 0 Å². The first kappa shape index (κ1) is 12.2. The maximum atomic E-state index is 13.4. The van der Waals surface area contributed by atoms with E-state index in [9.17, 15) is 4.39 Å². The maximum absolute atomic E-state index is 13.4. The van der Waals surface area contributed by atoms with Crippen LogP contribution in [0, 0.1) is 30.5 Å². The Morgan fingerprint density at radius 3 is 2.61 bits per heavy atom. The highest BCUT2D eigenvalue weighted by Crippen LogP contribution is 2.57. The average Bonchev–Trinajstić information content (AvgIpc) is 2.97. The van der Waals surface area contributed by atoms with E-state index in [1.54, 1.807) is 6.07 Å². The second kappa shape index (κ2) is 4.65. The molecule has 2 aliphatic rings. The molecule has 1 nitrogen and oxygen atoms in total.